The van der Waals surface area contributed by atoms with Crippen LogP contribution in [0.4, 0.5) is 0 Å². The number of hydrogen-bond acceptors (Lipinski definition) is 4. The van der Waals surface area contributed by atoms with Crippen LogP contribution in [0.5, 0.6) is 0 Å². The van der Waals surface area contributed by atoms with Gasteiger partial charge < -0.3 is 9.84 Å². The Kier molecular flexibility index (Phi) is 4.75. The van der Waals surface area contributed by atoms with Gasteiger partial charge in [0.05, 0.1) is 5.92 Å². The molecule has 102 valence electrons. The molecule has 18 heavy (non-hydrogen) atoms. The lowest BCUT2D eigenvalue weighted by Crippen LogP contribution is -2.31. The van der Waals surface area contributed by atoms with Crippen LogP contribution in [-0.2, 0) is 0 Å². The van der Waals surface area contributed by atoms with Crippen molar-refractivity contribution in [2.45, 2.75) is 70.8 Å². The fourth-order valence-electron chi connectivity index (χ4n) is 2.95. The molecule has 1 aromatic heterocycles. The van der Waals surface area contributed by atoms with Crippen LogP contribution in [0.3, 0.4) is 0 Å². The van der Waals surface area contributed by atoms with Crippen molar-refractivity contribution in [2.24, 2.45) is 0 Å². The first-order chi connectivity index (χ1) is 8.76. The van der Waals surface area contributed by atoms with Gasteiger partial charge in [-0.05, 0) is 32.7 Å². The Morgan fingerprint density at radius 1 is 1.33 bits per heavy atom. The Hall–Kier alpha value is -0.900. The first-order valence-electron chi connectivity index (χ1n) is 7.33. The molecule has 1 N–H and O–H groups in total. The van der Waals surface area contributed by atoms with E-state index in [2.05, 4.69) is 36.2 Å². The lowest BCUT2D eigenvalue weighted by atomic mass is 9.98. The first-order valence-corrected chi connectivity index (χ1v) is 7.33. The summed E-state index contributed by atoms with van der Waals surface area (Å²) in [5.41, 5.74) is 0. The molecule has 0 aromatic carbocycles. The van der Waals surface area contributed by atoms with E-state index in [1.165, 1.54) is 25.7 Å². The maximum Gasteiger partial charge on any atom is 0.231 e. The monoisotopic (exact) mass is 251 g/mol. The van der Waals surface area contributed by atoms with E-state index in [0.29, 0.717) is 17.9 Å². The summed E-state index contributed by atoms with van der Waals surface area (Å²) in [5.74, 6) is 2.61. The molecule has 1 heterocycles. The number of nitrogens with one attached hydrogen (secondary N) is 1. The zero-order valence-corrected chi connectivity index (χ0v) is 11.8. The highest BCUT2D eigenvalue weighted by atomic mass is 16.5. The van der Waals surface area contributed by atoms with Gasteiger partial charge in [-0.15, -0.1) is 0 Å². The van der Waals surface area contributed by atoms with Crippen LogP contribution in [0, 0.1) is 0 Å². The number of hydrogen-bond donors (Lipinski definition) is 1. The molecule has 1 aromatic rings. The lowest BCUT2D eigenvalue weighted by Gasteiger charge is -2.19. The standard InChI is InChI=1S/C14H25N3O/c1-4-12(10(3)15-5-2)14-16-13(17-18-14)11-8-6-7-9-11/h10-12,15H,4-9H2,1-3H3. The zero-order valence-electron chi connectivity index (χ0n) is 11.8. The van der Waals surface area contributed by atoms with E-state index >= 15 is 0 Å². The van der Waals surface area contributed by atoms with Gasteiger partial charge in [-0.2, -0.15) is 4.98 Å². The van der Waals surface area contributed by atoms with Gasteiger partial charge in [-0.3, -0.25) is 0 Å². The van der Waals surface area contributed by atoms with Crippen LogP contribution < -0.4 is 5.32 Å². The van der Waals surface area contributed by atoms with Crippen molar-refractivity contribution >= 4 is 0 Å². The third-order valence-corrected chi connectivity index (χ3v) is 4.06. The van der Waals surface area contributed by atoms with E-state index in [9.17, 15) is 0 Å². The molecule has 0 amide bonds. The quantitative estimate of drug-likeness (QED) is 0.843. The minimum Gasteiger partial charge on any atom is -0.339 e. The summed E-state index contributed by atoms with van der Waals surface area (Å²) >= 11 is 0. The van der Waals surface area contributed by atoms with Crippen molar-refractivity contribution in [3.8, 4) is 0 Å². The second kappa shape index (κ2) is 6.32. The molecular weight excluding hydrogens is 226 g/mol. The van der Waals surface area contributed by atoms with Gasteiger partial charge in [0.25, 0.3) is 0 Å². The van der Waals surface area contributed by atoms with E-state index in [-0.39, 0.29) is 0 Å². The third-order valence-electron chi connectivity index (χ3n) is 4.06. The molecule has 0 radical (unpaired) electrons. The molecule has 1 saturated carbocycles. The van der Waals surface area contributed by atoms with Crippen molar-refractivity contribution in [1.82, 2.24) is 15.5 Å². The summed E-state index contributed by atoms with van der Waals surface area (Å²) in [4.78, 5) is 4.65. The number of likely N-dealkylation sites (N-methyl/N-ethyl adjacent to an activating group) is 1. The van der Waals surface area contributed by atoms with E-state index in [1.807, 2.05) is 0 Å². The Bertz CT molecular complexity index is 358. The highest BCUT2D eigenvalue weighted by Crippen LogP contribution is 2.33. The Morgan fingerprint density at radius 3 is 2.67 bits per heavy atom. The molecule has 2 rings (SSSR count). The summed E-state index contributed by atoms with van der Waals surface area (Å²) in [6.45, 7) is 7.47. The summed E-state index contributed by atoms with van der Waals surface area (Å²) < 4.78 is 5.50. The first kappa shape index (κ1) is 13.5. The fraction of sp³-hybridized carbons (Fsp3) is 0.857. The van der Waals surface area contributed by atoms with E-state index in [1.54, 1.807) is 0 Å². The molecule has 0 aliphatic heterocycles. The van der Waals surface area contributed by atoms with Crippen LogP contribution in [0.2, 0.25) is 0 Å². The number of aromatic nitrogens is 2. The van der Waals surface area contributed by atoms with Gasteiger partial charge in [-0.25, -0.2) is 0 Å². The predicted molar refractivity (Wildman–Crippen MR) is 71.7 cm³/mol. The molecule has 0 bridgehead atoms. The summed E-state index contributed by atoms with van der Waals surface area (Å²) in [5, 5.41) is 7.64. The zero-order chi connectivity index (χ0) is 13.0. The Morgan fingerprint density at radius 2 is 2.06 bits per heavy atom. The SMILES string of the molecule is CCNC(C)C(CC)c1nc(C2CCCC2)no1. The van der Waals surface area contributed by atoms with Gasteiger partial charge in [-0.1, -0.05) is 31.8 Å². The van der Waals surface area contributed by atoms with Crippen molar-refractivity contribution in [2.75, 3.05) is 6.54 Å². The molecule has 1 fully saturated rings. The van der Waals surface area contributed by atoms with Crippen LogP contribution in [0.15, 0.2) is 4.52 Å². The van der Waals surface area contributed by atoms with Gasteiger partial charge in [0.1, 0.15) is 0 Å². The molecular formula is C14H25N3O. The minimum absolute atomic E-state index is 0.326. The van der Waals surface area contributed by atoms with Crippen molar-refractivity contribution in [3.05, 3.63) is 11.7 Å². The van der Waals surface area contributed by atoms with Gasteiger partial charge in [0.15, 0.2) is 5.82 Å². The highest BCUT2D eigenvalue weighted by Gasteiger charge is 2.26. The topological polar surface area (TPSA) is 51.0 Å². The van der Waals surface area contributed by atoms with Crippen LogP contribution in [0.25, 0.3) is 0 Å². The van der Waals surface area contributed by atoms with E-state index in [4.69, 9.17) is 4.52 Å². The average molecular weight is 251 g/mol. The van der Waals surface area contributed by atoms with Crippen molar-refractivity contribution < 1.29 is 4.52 Å². The van der Waals surface area contributed by atoms with E-state index < -0.39 is 0 Å². The Balaban J connectivity index is 2.06. The van der Waals surface area contributed by atoms with Gasteiger partial charge in [0.2, 0.25) is 5.89 Å². The molecule has 2 atom stereocenters. The second-order valence-corrected chi connectivity index (χ2v) is 5.33. The average Bonchev–Trinajstić information content (AvgIpc) is 3.00. The van der Waals surface area contributed by atoms with Crippen LogP contribution in [0.1, 0.15) is 76.4 Å². The van der Waals surface area contributed by atoms with Crippen molar-refractivity contribution in [3.63, 3.8) is 0 Å². The summed E-state index contributed by atoms with van der Waals surface area (Å²) in [7, 11) is 0. The molecule has 0 saturated heterocycles. The minimum atomic E-state index is 0.326. The summed E-state index contributed by atoms with van der Waals surface area (Å²) in [6, 6.07) is 0.386. The van der Waals surface area contributed by atoms with Crippen molar-refractivity contribution in [1.29, 1.82) is 0 Å². The molecule has 4 nitrogen and oxygen atoms in total. The highest BCUT2D eigenvalue weighted by molar-refractivity contribution is 5.02. The fourth-order valence-corrected chi connectivity index (χ4v) is 2.95. The van der Waals surface area contributed by atoms with E-state index in [0.717, 1.165) is 24.7 Å². The van der Waals surface area contributed by atoms with Gasteiger partial charge >= 0.3 is 0 Å². The normalized spacial score (nSPS) is 20.2. The molecule has 1 aliphatic rings. The molecule has 2 unspecified atom stereocenters. The lowest BCUT2D eigenvalue weighted by molar-refractivity contribution is 0.314. The number of nitrogens with zero attached hydrogens (tertiary/aromatic N) is 2. The predicted octanol–water partition coefficient (Wildman–Crippen LogP) is 3.22. The molecule has 0 spiro atoms. The smallest absolute Gasteiger partial charge is 0.231 e. The molecule has 1 aliphatic carbocycles. The third kappa shape index (κ3) is 2.91. The Labute approximate surface area is 110 Å². The maximum atomic E-state index is 5.50. The number of rotatable bonds is 6. The second-order valence-electron chi connectivity index (χ2n) is 5.33. The summed E-state index contributed by atoms with van der Waals surface area (Å²) in [6.07, 6.45) is 6.08. The van der Waals surface area contributed by atoms with Crippen LogP contribution >= 0.6 is 0 Å². The van der Waals surface area contributed by atoms with Gasteiger partial charge in [0, 0.05) is 12.0 Å². The largest absolute Gasteiger partial charge is 0.339 e. The van der Waals surface area contributed by atoms with Crippen LogP contribution in [-0.4, -0.2) is 22.7 Å². The molecule has 4 heteroatoms. The maximum absolute atomic E-state index is 5.50.